The van der Waals surface area contributed by atoms with E-state index in [0.29, 0.717) is 6.67 Å². The van der Waals surface area contributed by atoms with Gasteiger partial charge in [-0.15, -0.1) is 0 Å². The van der Waals surface area contributed by atoms with E-state index in [-0.39, 0.29) is 11.8 Å². The van der Waals surface area contributed by atoms with Gasteiger partial charge in [-0.3, -0.25) is 4.90 Å². The molecule has 0 aliphatic carbocycles. The summed E-state index contributed by atoms with van der Waals surface area (Å²) >= 11 is 0. The van der Waals surface area contributed by atoms with E-state index in [4.69, 9.17) is 0 Å². The molecule has 1 fully saturated rings. The number of anilines is 1. The normalized spacial score (nSPS) is 17.8. The van der Waals surface area contributed by atoms with E-state index < -0.39 is 0 Å². The Hall–Kier alpha value is -2.40. The van der Waals surface area contributed by atoms with Crippen molar-refractivity contribution >= 4 is 11.7 Å². The van der Waals surface area contributed by atoms with Crippen molar-refractivity contribution in [3.05, 3.63) is 66.0 Å². The Morgan fingerprint density at radius 2 is 1.87 bits per heavy atom. The highest BCUT2D eigenvalue weighted by molar-refractivity contribution is 5.89. The van der Waals surface area contributed by atoms with Crippen LogP contribution in [0.5, 0.6) is 0 Å². The summed E-state index contributed by atoms with van der Waals surface area (Å²) in [5, 5.41) is 2.93. The summed E-state index contributed by atoms with van der Waals surface area (Å²) in [6.07, 6.45) is 0.971. The Morgan fingerprint density at radius 1 is 1.13 bits per heavy atom. The first-order chi connectivity index (χ1) is 11.2. The third-order valence-electron chi connectivity index (χ3n) is 4.05. The Labute approximate surface area is 135 Å². The minimum atomic E-state index is -0.216. The van der Waals surface area contributed by atoms with Gasteiger partial charge in [0.05, 0.1) is 6.54 Å². The van der Waals surface area contributed by atoms with Crippen LogP contribution in [0, 0.1) is 5.82 Å². The number of carbonyl (C=O) groups is 1. The van der Waals surface area contributed by atoms with E-state index in [9.17, 15) is 9.18 Å². The highest BCUT2D eigenvalue weighted by Gasteiger charge is 2.24. The molecule has 1 aliphatic rings. The quantitative estimate of drug-likeness (QED) is 0.894. The maximum Gasteiger partial charge on any atom is 0.326 e. The average molecular weight is 314 g/mol. The molecule has 0 spiro atoms. The lowest BCUT2D eigenvalue weighted by atomic mass is 10.2. The van der Waals surface area contributed by atoms with Gasteiger partial charge in [-0.1, -0.05) is 30.3 Å². The molecule has 1 aliphatic heterocycles. The first kappa shape index (κ1) is 15.5. The topological polar surface area (TPSA) is 36.8 Å². The fraction of sp³-hybridized carbons (Fsp3) is 0.278. The number of benzene rings is 2. The number of nitrogens with one attached hydrogen (secondary N) is 2. The van der Waals surface area contributed by atoms with Gasteiger partial charge in [-0.05, 0) is 24.3 Å². The van der Waals surface area contributed by atoms with Gasteiger partial charge in [0.1, 0.15) is 12.4 Å². The molecule has 1 unspecified atom stereocenters. The zero-order valence-corrected chi connectivity index (χ0v) is 13.0. The second-order valence-corrected chi connectivity index (χ2v) is 5.87. The molecule has 4 nitrogen and oxygen atoms in total. The third kappa shape index (κ3) is 4.29. The fourth-order valence-electron chi connectivity index (χ4n) is 2.88. The van der Waals surface area contributed by atoms with E-state index in [0.717, 1.165) is 37.3 Å². The minimum absolute atomic E-state index is 0.0625. The van der Waals surface area contributed by atoms with Crippen LogP contribution in [0.25, 0.3) is 0 Å². The Bertz CT molecular complexity index is 645. The summed E-state index contributed by atoms with van der Waals surface area (Å²) in [5.74, 6) is -0.216. The van der Waals surface area contributed by atoms with Gasteiger partial charge in [0, 0.05) is 24.2 Å². The molecule has 0 radical (unpaired) electrons. The van der Waals surface area contributed by atoms with Crippen LogP contribution in [0.3, 0.4) is 0 Å². The van der Waals surface area contributed by atoms with Gasteiger partial charge >= 0.3 is 6.03 Å². The molecule has 2 aromatic carbocycles. The second-order valence-electron chi connectivity index (χ2n) is 5.87. The first-order valence-corrected chi connectivity index (χ1v) is 7.90. The van der Waals surface area contributed by atoms with Gasteiger partial charge in [0.15, 0.2) is 6.67 Å². The molecule has 2 N–H and O–H groups in total. The SMILES string of the molecule is O=C(Nc1ccccc1)N1CCC[NH+](Cc2ccc(F)cc2)C1. The van der Waals surface area contributed by atoms with Gasteiger partial charge in [-0.2, -0.15) is 0 Å². The summed E-state index contributed by atoms with van der Waals surface area (Å²) in [6.45, 7) is 3.25. The monoisotopic (exact) mass is 314 g/mol. The molecule has 1 saturated heterocycles. The van der Waals surface area contributed by atoms with Crippen molar-refractivity contribution < 1.29 is 14.1 Å². The molecule has 1 heterocycles. The van der Waals surface area contributed by atoms with Crippen LogP contribution in [-0.4, -0.2) is 30.7 Å². The summed E-state index contributed by atoms with van der Waals surface area (Å²) in [7, 11) is 0. The van der Waals surface area contributed by atoms with Crippen LogP contribution < -0.4 is 10.2 Å². The molecule has 1 atom stereocenters. The molecule has 0 aromatic heterocycles. The third-order valence-corrected chi connectivity index (χ3v) is 4.05. The van der Waals surface area contributed by atoms with Crippen LogP contribution in [0.4, 0.5) is 14.9 Å². The number of hydrogen-bond acceptors (Lipinski definition) is 1. The number of rotatable bonds is 3. The van der Waals surface area contributed by atoms with E-state index in [1.54, 1.807) is 0 Å². The average Bonchev–Trinajstić information content (AvgIpc) is 2.58. The van der Waals surface area contributed by atoms with Crippen molar-refractivity contribution in [3.63, 3.8) is 0 Å². The maximum absolute atomic E-state index is 13.0. The van der Waals surface area contributed by atoms with Gasteiger partial charge in [0.2, 0.25) is 0 Å². The van der Waals surface area contributed by atoms with E-state index >= 15 is 0 Å². The second kappa shape index (κ2) is 7.24. The number of amides is 2. The largest absolute Gasteiger partial charge is 0.326 e. The Balaban J connectivity index is 1.57. The van der Waals surface area contributed by atoms with E-state index in [1.165, 1.54) is 17.0 Å². The number of quaternary nitrogens is 1. The summed E-state index contributed by atoms with van der Waals surface area (Å²) in [4.78, 5) is 15.5. The smallest absolute Gasteiger partial charge is 0.314 e. The van der Waals surface area contributed by atoms with Gasteiger partial charge in [0.25, 0.3) is 0 Å². The number of para-hydroxylation sites is 1. The summed E-state index contributed by atoms with van der Waals surface area (Å²) in [6, 6.07) is 16.0. The van der Waals surface area contributed by atoms with Crippen molar-refractivity contribution in [2.45, 2.75) is 13.0 Å². The lowest BCUT2D eigenvalue weighted by molar-refractivity contribution is -0.927. The number of nitrogens with zero attached hydrogens (tertiary/aromatic N) is 1. The van der Waals surface area contributed by atoms with Crippen LogP contribution in [0.1, 0.15) is 12.0 Å². The molecule has 3 rings (SSSR count). The number of halogens is 1. The standard InChI is InChI=1S/C18H20FN3O/c19-16-9-7-15(8-10-16)13-21-11-4-12-22(14-21)18(23)20-17-5-2-1-3-6-17/h1-3,5-10H,4,11-14H2,(H,20,23)/p+1. The minimum Gasteiger partial charge on any atom is -0.314 e. The van der Waals surface area contributed by atoms with E-state index in [2.05, 4.69) is 5.32 Å². The summed E-state index contributed by atoms with van der Waals surface area (Å²) < 4.78 is 13.0. The van der Waals surface area contributed by atoms with Crippen LogP contribution in [0.2, 0.25) is 0 Å². The summed E-state index contributed by atoms with van der Waals surface area (Å²) in [5.41, 5.74) is 1.90. The van der Waals surface area contributed by atoms with Crippen molar-refractivity contribution in [1.29, 1.82) is 0 Å². The molecule has 23 heavy (non-hydrogen) atoms. The van der Waals surface area contributed by atoms with Crippen molar-refractivity contribution in [2.75, 3.05) is 25.1 Å². The van der Waals surface area contributed by atoms with Crippen LogP contribution in [0.15, 0.2) is 54.6 Å². The molecule has 0 saturated carbocycles. The molecule has 0 bridgehead atoms. The molecule has 120 valence electrons. The predicted octanol–water partition coefficient (Wildman–Crippen LogP) is 2.11. The van der Waals surface area contributed by atoms with Crippen molar-refractivity contribution in [2.24, 2.45) is 0 Å². The maximum atomic E-state index is 13.0. The van der Waals surface area contributed by atoms with Crippen LogP contribution >= 0.6 is 0 Å². The Kier molecular flexibility index (Phi) is 4.88. The number of hydrogen-bond donors (Lipinski definition) is 2. The van der Waals surface area contributed by atoms with E-state index in [1.807, 2.05) is 47.4 Å². The zero-order valence-electron chi connectivity index (χ0n) is 13.0. The highest BCUT2D eigenvalue weighted by Crippen LogP contribution is 2.07. The van der Waals surface area contributed by atoms with Crippen molar-refractivity contribution in [1.82, 2.24) is 4.90 Å². The predicted molar refractivity (Wildman–Crippen MR) is 87.6 cm³/mol. The van der Waals surface area contributed by atoms with Crippen molar-refractivity contribution in [3.8, 4) is 0 Å². The lowest BCUT2D eigenvalue weighted by Crippen LogP contribution is -3.13. The van der Waals surface area contributed by atoms with Gasteiger partial charge in [-0.25, -0.2) is 9.18 Å². The zero-order chi connectivity index (χ0) is 16.1. The number of urea groups is 1. The first-order valence-electron chi connectivity index (χ1n) is 7.90. The highest BCUT2D eigenvalue weighted by atomic mass is 19.1. The van der Waals surface area contributed by atoms with Gasteiger partial charge < -0.3 is 10.2 Å². The fourth-order valence-corrected chi connectivity index (χ4v) is 2.88. The molecule has 2 aromatic rings. The molecule has 2 amide bonds. The molecule has 5 heteroatoms. The Morgan fingerprint density at radius 3 is 2.61 bits per heavy atom. The number of carbonyl (C=O) groups excluding carboxylic acids is 1. The molecular formula is C18H21FN3O+. The lowest BCUT2D eigenvalue weighted by Gasteiger charge is -2.32. The molecular weight excluding hydrogens is 293 g/mol. The van der Waals surface area contributed by atoms with Crippen LogP contribution in [-0.2, 0) is 6.54 Å².